The molecule has 4 heteroatoms. The van der Waals surface area contributed by atoms with Crippen LogP contribution < -0.4 is 5.32 Å². The summed E-state index contributed by atoms with van der Waals surface area (Å²) in [6.45, 7) is 4.35. The van der Waals surface area contributed by atoms with E-state index in [1.807, 2.05) is 38.1 Å². The van der Waals surface area contributed by atoms with Crippen molar-refractivity contribution in [3.05, 3.63) is 29.8 Å². The number of benzene rings is 1. The molecule has 0 aromatic heterocycles. The lowest BCUT2D eigenvalue weighted by molar-refractivity contribution is -0.121. The van der Waals surface area contributed by atoms with Crippen molar-refractivity contribution >= 4 is 18.5 Å². The molecule has 0 aliphatic heterocycles. The number of nitrogens with one attached hydrogen (secondary N) is 1. The summed E-state index contributed by atoms with van der Waals surface area (Å²) in [7, 11) is 0. The quantitative estimate of drug-likeness (QED) is 0.699. The Hall–Kier alpha value is -1.00. The van der Waals surface area contributed by atoms with E-state index in [1.54, 1.807) is 0 Å². The minimum absolute atomic E-state index is 0.0292. The number of hydrogen-bond acceptors (Lipinski definition) is 3. The number of thiol groups is 1. The number of amides is 1. The first-order chi connectivity index (χ1) is 7.93. The van der Waals surface area contributed by atoms with Crippen molar-refractivity contribution in [2.45, 2.75) is 25.2 Å². The highest BCUT2D eigenvalue weighted by atomic mass is 32.1. The molecule has 1 amide bonds. The van der Waals surface area contributed by atoms with Gasteiger partial charge >= 0.3 is 0 Å². The molecule has 0 aliphatic rings. The second-order valence-corrected chi connectivity index (χ2v) is 5.46. The molecular weight excluding hydrogens is 234 g/mol. The summed E-state index contributed by atoms with van der Waals surface area (Å²) in [5.41, 5.74) is 0.687. The van der Waals surface area contributed by atoms with Crippen molar-refractivity contribution in [2.24, 2.45) is 5.41 Å². The Labute approximate surface area is 108 Å². The Morgan fingerprint density at radius 1 is 1.35 bits per heavy atom. The van der Waals surface area contributed by atoms with Gasteiger partial charge in [-0.05, 0) is 17.7 Å². The molecule has 0 bridgehead atoms. The van der Waals surface area contributed by atoms with Gasteiger partial charge in [0.05, 0.1) is 6.42 Å². The first-order valence-electron chi connectivity index (χ1n) is 5.58. The molecule has 2 N–H and O–H groups in total. The van der Waals surface area contributed by atoms with Crippen molar-refractivity contribution in [1.82, 2.24) is 5.32 Å². The van der Waals surface area contributed by atoms with Gasteiger partial charge in [0.15, 0.2) is 0 Å². The molecule has 17 heavy (non-hydrogen) atoms. The van der Waals surface area contributed by atoms with Gasteiger partial charge in [0.25, 0.3) is 0 Å². The van der Waals surface area contributed by atoms with Crippen LogP contribution in [-0.2, 0) is 11.2 Å². The molecule has 0 radical (unpaired) electrons. The summed E-state index contributed by atoms with van der Waals surface area (Å²) >= 11 is 4.19. The standard InChI is InChI=1S/C13H19NO2S/c1-13(2,9-15)8-14-12(16)7-10-3-5-11(17)6-4-10/h3-6,15,17H,7-9H2,1-2H3,(H,14,16). The normalized spacial score (nSPS) is 11.3. The number of rotatable bonds is 5. The summed E-state index contributed by atoms with van der Waals surface area (Å²) in [6, 6.07) is 7.50. The summed E-state index contributed by atoms with van der Waals surface area (Å²) < 4.78 is 0. The third-order valence-corrected chi connectivity index (χ3v) is 2.79. The molecule has 94 valence electrons. The number of carbonyl (C=O) groups is 1. The van der Waals surface area contributed by atoms with E-state index < -0.39 is 0 Å². The predicted molar refractivity (Wildman–Crippen MR) is 71.3 cm³/mol. The molecule has 0 saturated heterocycles. The first kappa shape index (κ1) is 14.1. The number of hydrogen-bond donors (Lipinski definition) is 3. The first-order valence-corrected chi connectivity index (χ1v) is 6.03. The van der Waals surface area contributed by atoms with Gasteiger partial charge < -0.3 is 10.4 Å². The zero-order valence-corrected chi connectivity index (χ0v) is 11.1. The molecule has 1 aromatic rings. The highest BCUT2D eigenvalue weighted by Gasteiger charge is 2.17. The van der Waals surface area contributed by atoms with E-state index in [0.717, 1.165) is 10.5 Å². The van der Waals surface area contributed by atoms with Gasteiger partial charge in [-0.2, -0.15) is 0 Å². The van der Waals surface area contributed by atoms with E-state index in [-0.39, 0.29) is 17.9 Å². The summed E-state index contributed by atoms with van der Waals surface area (Å²) in [6.07, 6.45) is 0.357. The zero-order chi connectivity index (χ0) is 12.9. The maximum absolute atomic E-state index is 11.6. The molecule has 1 aromatic carbocycles. The van der Waals surface area contributed by atoms with E-state index in [1.165, 1.54) is 0 Å². The zero-order valence-electron chi connectivity index (χ0n) is 10.2. The molecule has 1 rings (SSSR count). The second kappa shape index (κ2) is 6.07. The van der Waals surface area contributed by atoms with E-state index in [0.29, 0.717) is 13.0 Å². The van der Waals surface area contributed by atoms with Crippen LogP contribution in [-0.4, -0.2) is 24.2 Å². The minimum Gasteiger partial charge on any atom is -0.396 e. The van der Waals surface area contributed by atoms with Gasteiger partial charge in [0.1, 0.15) is 0 Å². The number of aliphatic hydroxyl groups excluding tert-OH is 1. The van der Waals surface area contributed by atoms with Crippen LogP contribution in [0.1, 0.15) is 19.4 Å². The lowest BCUT2D eigenvalue weighted by atomic mass is 9.95. The molecule has 3 nitrogen and oxygen atoms in total. The highest BCUT2D eigenvalue weighted by Crippen LogP contribution is 2.12. The Kier molecular flexibility index (Phi) is 5.02. The molecule has 0 unspecified atom stereocenters. The van der Waals surface area contributed by atoms with E-state index >= 15 is 0 Å². The van der Waals surface area contributed by atoms with Gasteiger partial charge in [0.2, 0.25) is 5.91 Å². The van der Waals surface area contributed by atoms with Gasteiger partial charge in [-0.15, -0.1) is 12.6 Å². The van der Waals surface area contributed by atoms with Gasteiger partial charge in [-0.1, -0.05) is 26.0 Å². The second-order valence-electron chi connectivity index (χ2n) is 4.94. The Morgan fingerprint density at radius 3 is 2.47 bits per heavy atom. The van der Waals surface area contributed by atoms with Gasteiger partial charge in [-0.3, -0.25) is 4.79 Å². The van der Waals surface area contributed by atoms with Gasteiger partial charge in [-0.25, -0.2) is 0 Å². The Bertz CT molecular complexity index is 374. The summed E-state index contributed by atoms with van der Waals surface area (Å²) in [4.78, 5) is 12.5. The van der Waals surface area contributed by atoms with Crippen LogP contribution in [0.4, 0.5) is 0 Å². The summed E-state index contributed by atoms with van der Waals surface area (Å²) in [5.74, 6) is -0.0292. The fraction of sp³-hybridized carbons (Fsp3) is 0.462. The van der Waals surface area contributed by atoms with Crippen molar-refractivity contribution in [3.63, 3.8) is 0 Å². The lowest BCUT2D eigenvalue weighted by Crippen LogP contribution is -2.36. The molecule has 0 aliphatic carbocycles. The number of carbonyl (C=O) groups excluding carboxylic acids is 1. The number of aliphatic hydroxyl groups is 1. The Morgan fingerprint density at radius 2 is 1.94 bits per heavy atom. The SMILES string of the molecule is CC(C)(CO)CNC(=O)Cc1ccc(S)cc1. The third kappa shape index (κ3) is 5.24. The van der Waals surface area contributed by atoms with E-state index in [4.69, 9.17) is 5.11 Å². The van der Waals surface area contributed by atoms with Crippen molar-refractivity contribution in [2.75, 3.05) is 13.2 Å². The van der Waals surface area contributed by atoms with Crippen LogP contribution in [0.25, 0.3) is 0 Å². The molecular formula is C13H19NO2S. The van der Waals surface area contributed by atoms with Crippen LogP contribution in [0, 0.1) is 5.41 Å². The molecule has 0 spiro atoms. The molecule has 0 saturated carbocycles. The van der Waals surface area contributed by atoms with Crippen LogP contribution in [0.15, 0.2) is 29.2 Å². The maximum Gasteiger partial charge on any atom is 0.224 e. The van der Waals surface area contributed by atoms with Gasteiger partial charge in [0, 0.05) is 23.5 Å². The average Bonchev–Trinajstić information content (AvgIpc) is 2.30. The van der Waals surface area contributed by atoms with Crippen LogP contribution in [0.2, 0.25) is 0 Å². The maximum atomic E-state index is 11.6. The smallest absolute Gasteiger partial charge is 0.224 e. The lowest BCUT2D eigenvalue weighted by Gasteiger charge is -2.21. The molecule has 0 heterocycles. The minimum atomic E-state index is -0.273. The van der Waals surface area contributed by atoms with Crippen LogP contribution >= 0.6 is 12.6 Å². The molecule has 0 fully saturated rings. The van der Waals surface area contributed by atoms with Crippen LogP contribution in [0.5, 0.6) is 0 Å². The van der Waals surface area contributed by atoms with E-state index in [2.05, 4.69) is 17.9 Å². The average molecular weight is 253 g/mol. The topological polar surface area (TPSA) is 49.3 Å². The molecule has 0 atom stereocenters. The van der Waals surface area contributed by atoms with Crippen molar-refractivity contribution in [3.8, 4) is 0 Å². The monoisotopic (exact) mass is 253 g/mol. The summed E-state index contributed by atoms with van der Waals surface area (Å²) in [5, 5.41) is 11.9. The van der Waals surface area contributed by atoms with Crippen molar-refractivity contribution in [1.29, 1.82) is 0 Å². The third-order valence-electron chi connectivity index (χ3n) is 2.49. The highest BCUT2D eigenvalue weighted by molar-refractivity contribution is 7.80. The fourth-order valence-corrected chi connectivity index (χ4v) is 1.40. The van der Waals surface area contributed by atoms with Crippen LogP contribution in [0.3, 0.4) is 0 Å². The fourth-order valence-electron chi connectivity index (χ4n) is 1.26. The Balaban J connectivity index is 2.42. The van der Waals surface area contributed by atoms with Crippen molar-refractivity contribution < 1.29 is 9.90 Å². The largest absolute Gasteiger partial charge is 0.396 e. The predicted octanol–water partition coefficient (Wildman–Crippen LogP) is 1.65. The van der Waals surface area contributed by atoms with E-state index in [9.17, 15) is 4.79 Å².